The fourth-order valence-corrected chi connectivity index (χ4v) is 3.35. The van der Waals surface area contributed by atoms with Gasteiger partial charge in [0.2, 0.25) is 5.91 Å². The van der Waals surface area contributed by atoms with Crippen molar-refractivity contribution in [2.75, 3.05) is 5.32 Å². The topological polar surface area (TPSA) is 29.1 Å². The lowest BCUT2D eigenvalue weighted by molar-refractivity contribution is -0.116. The van der Waals surface area contributed by atoms with Gasteiger partial charge in [-0.25, -0.2) is 0 Å². The van der Waals surface area contributed by atoms with Crippen LogP contribution in [-0.4, -0.2) is 5.91 Å². The van der Waals surface area contributed by atoms with Gasteiger partial charge in [0.05, 0.1) is 5.69 Å². The molecule has 23 heavy (non-hydrogen) atoms. The highest BCUT2D eigenvalue weighted by molar-refractivity contribution is 6.06. The van der Waals surface area contributed by atoms with Crippen molar-refractivity contribution in [1.29, 1.82) is 0 Å². The quantitative estimate of drug-likeness (QED) is 0.667. The van der Waals surface area contributed by atoms with Gasteiger partial charge < -0.3 is 5.32 Å². The third-order valence-electron chi connectivity index (χ3n) is 4.45. The zero-order valence-corrected chi connectivity index (χ0v) is 12.5. The predicted octanol–water partition coefficient (Wildman–Crippen LogP) is 4.30. The average Bonchev–Trinajstić information content (AvgIpc) is 2.61. The minimum Gasteiger partial charge on any atom is -0.325 e. The van der Waals surface area contributed by atoms with Crippen molar-refractivity contribution in [2.24, 2.45) is 0 Å². The molecular weight excluding hydrogens is 282 g/mol. The maximum atomic E-state index is 12.3. The highest BCUT2D eigenvalue weighted by Gasteiger charge is 2.27. The minimum absolute atomic E-state index is 0.0386. The number of hydrogen-bond acceptors (Lipinski definition) is 1. The Hall–Kier alpha value is -3.05. The summed E-state index contributed by atoms with van der Waals surface area (Å²) in [7, 11) is 0. The molecule has 1 heterocycles. The number of amides is 1. The number of benzene rings is 3. The summed E-state index contributed by atoms with van der Waals surface area (Å²) in [6.45, 7) is 0. The number of fused-ring (bicyclic) bond motifs is 3. The average molecular weight is 297 g/mol. The Morgan fingerprint density at radius 2 is 1.91 bits per heavy atom. The summed E-state index contributed by atoms with van der Waals surface area (Å²) in [5.41, 5.74) is 4.01. The van der Waals surface area contributed by atoms with Gasteiger partial charge in [-0.05, 0) is 28.6 Å². The van der Waals surface area contributed by atoms with Crippen LogP contribution in [0.1, 0.15) is 29.0 Å². The van der Waals surface area contributed by atoms with Crippen molar-refractivity contribution in [3.8, 4) is 12.3 Å². The molecule has 1 atom stereocenters. The maximum absolute atomic E-state index is 12.3. The zero-order chi connectivity index (χ0) is 15.8. The standard InChI is InChI=1S/C21H15NO/c1-2-14-6-5-8-16(12-14)19-13-20(23)22-21-17-9-4-3-7-15(17)10-11-18(19)21/h1,3-12,19H,13H2,(H,22,23). The molecule has 0 saturated carbocycles. The van der Waals surface area contributed by atoms with Crippen LogP contribution >= 0.6 is 0 Å². The Bertz CT molecular complexity index is 965. The second-order valence-electron chi connectivity index (χ2n) is 5.83. The van der Waals surface area contributed by atoms with E-state index in [9.17, 15) is 4.79 Å². The van der Waals surface area contributed by atoms with Crippen LogP contribution in [0, 0.1) is 12.3 Å². The van der Waals surface area contributed by atoms with E-state index in [0.717, 1.165) is 33.2 Å². The molecule has 1 aliphatic heterocycles. The molecule has 0 aromatic heterocycles. The molecule has 0 spiro atoms. The lowest BCUT2D eigenvalue weighted by Crippen LogP contribution is -2.23. The molecule has 1 N–H and O–H groups in total. The first kappa shape index (κ1) is 13.6. The number of hydrogen-bond donors (Lipinski definition) is 1. The van der Waals surface area contributed by atoms with Crippen LogP contribution in [0.4, 0.5) is 5.69 Å². The van der Waals surface area contributed by atoms with Gasteiger partial charge in [0.25, 0.3) is 0 Å². The zero-order valence-electron chi connectivity index (χ0n) is 12.5. The summed E-state index contributed by atoms with van der Waals surface area (Å²) in [4.78, 5) is 12.3. The van der Waals surface area contributed by atoms with Gasteiger partial charge in [-0.15, -0.1) is 6.42 Å². The third-order valence-corrected chi connectivity index (χ3v) is 4.45. The van der Waals surface area contributed by atoms with Crippen molar-refractivity contribution in [3.63, 3.8) is 0 Å². The highest BCUT2D eigenvalue weighted by atomic mass is 16.1. The Labute approximate surface area is 135 Å². The number of carbonyl (C=O) groups is 1. The van der Waals surface area contributed by atoms with E-state index in [0.29, 0.717) is 6.42 Å². The number of terminal acetylenes is 1. The van der Waals surface area contributed by atoms with Gasteiger partial charge in [-0.1, -0.05) is 54.5 Å². The van der Waals surface area contributed by atoms with E-state index >= 15 is 0 Å². The van der Waals surface area contributed by atoms with E-state index in [1.54, 1.807) is 0 Å². The molecule has 3 aromatic rings. The number of anilines is 1. The fraction of sp³-hybridized carbons (Fsp3) is 0.0952. The van der Waals surface area contributed by atoms with E-state index in [4.69, 9.17) is 6.42 Å². The van der Waals surface area contributed by atoms with Crippen LogP contribution in [0.5, 0.6) is 0 Å². The molecule has 1 aliphatic rings. The van der Waals surface area contributed by atoms with E-state index < -0.39 is 0 Å². The lowest BCUT2D eigenvalue weighted by atomic mass is 9.83. The van der Waals surface area contributed by atoms with Crippen molar-refractivity contribution in [2.45, 2.75) is 12.3 Å². The van der Waals surface area contributed by atoms with Crippen LogP contribution in [0.25, 0.3) is 10.8 Å². The molecule has 110 valence electrons. The summed E-state index contributed by atoms with van der Waals surface area (Å²) in [5.74, 6) is 2.76. The Balaban J connectivity index is 1.93. The van der Waals surface area contributed by atoms with Crippen LogP contribution < -0.4 is 5.32 Å². The third kappa shape index (κ3) is 2.27. The van der Waals surface area contributed by atoms with Gasteiger partial charge in [0.1, 0.15) is 0 Å². The Kier molecular flexibility index (Phi) is 3.13. The molecule has 4 rings (SSSR count). The minimum atomic E-state index is 0.0386. The molecular formula is C21H15NO. The monoisotopic (exact) mass is 297 g/mol. The molecule has 0 bridgehead atoms. The Morgan fingerprint density at radius 3 is 2.78 bits per heavy atom. The molecule has 3 aromatic carbocycles. The first-order chi connectivity index (χ1) is 11.3. The smallest absolute Gasteiger partial charge is 0.225 e. The molecule has 2 heteroatoms. The normalized spacial score (nSPS) is 16.5. The van der Waals surface area contributed by atoms with Crippen LogP contribution in [0.3, 0.4) is 0 Å². The van der Waals surface area contributed by atoms with Gasteiger partial charge in [-0.3, -0.25) is 4.79 Å². The van der Waals surface area contributed by atoms with Crippen molar-refractivity contribution < 1.29 is 4.79 Å². The largest absolute Gasteiger partial charge is 0.325 e. The van der Waals surface area contributed by atoms with Crippen molar-refractivity contribution >= 4 is 22.4 Å². The van der Waals surface area contributed by atoms with Crippen molar-refractivity contribution in [1.82, 2.24) is 0 Å². The van der Waals surface area contributed by atoms with Gasteiger partial charge in [0, 0.05) is 23.3 Å². The molecule has 0 aliphatic carbocycles. The summed E-state index contributed by atoms with van der Waals surface area (Å²) >= 11 is 0. The first-order valence-corrected chi connectivity index (χ1v) is 7.64. The maximum Gasteiger partial charge on any atom is 0.225 e. The molecule has 2 nitrogen and oxygen atoms in total. The number of nitrogens with one attached hydrogen (secondary N) is 1. The SMILES string of the molecule is C#Cc1cccc(C2CC(=O)Nc3c2ccc2ccccc32)c1. The van der Waals surface area contributed by atoms with Crippen LogP contribution in [-0.2, 0) is 4.79 Å². The summed E-state index contributed by atoms with van der Waals surface area (Å²) < 4.78 is 0. The molecule has 1 unspecified atom stereocenters. The number of rotatable bonds is 1. The molecule has 0 fully saturated rings. The van der Waals surface area contributed by atoms with Crippen LogP contribution in [0.15, 0.2) is 60.7 Å². The van der Waals surface area contributed by atoms with Gasteiger partial charge in [0.15, 0.2) is 0 Å². The second kappa shape index (κ2) is 5.30. The van der Waals surface area contributed by atoms with E-state index in [1.807, 2.05) is 36.4 Å². The first-order valence-electron chi connectivity index (χ1n) is 7.64. The predicted molar refractivity (Wildman–Crippen MR) is 93.4 cm³/mol. The van der Waals surface area contributed by atoms with E-state index in [-0.39, 0.29) is 11.8 Å². The Morgan fingerprint density at radius 1 is 1.04 bits per heavy atom. The van der Waals surface area contributed by atoms with E-state index in [2.05, 4.69) is 35.5 Å². The number of carbonyl (C=O) groups excluding carboxylic acids is 1. The van der Waals surface area contributed by atoms with E-state index in [1.165, 1.54) is 0 Å². The second-order valence-corrected chi connectivity index (χ2v) is 5.83. The summed E-state index contributed by atoms with van der Waals surface area (Å²) in [6, 6.07) is 20.3. The molecule has 0 saturated heterocycles. The van der Waals surface area contributed by atoms with Crippen LogP contribution in [0.2, 0.25) is 0 Å². The summed E-state index contributed by atoms with van der Waals surface area (Å²) in [5, 5.41) is 5.26. The lowest BCUT2D eigenvalue weighted by Gasteiger charge is -2.27. The van der Waals surface area contributed by atoms with Gasteiger partial charge >= 0.3 is 0 Å². The molecule has 0 radical (unpaired) electrons. The fourth-order valence-electron chi connectivity index (χ4n) is 3.35. The summed E-state index contributed by atoms with van der Waals surface area (Å²) in [6.07, 6.45) is 5.96. The highest BCUT2D eigenvalue weighted by Crippen LogP contribution is 2.40. The van der Waals surface area contributed by atoms with Gasteiger partial charge in [-0.2, -0.15) is 0 Å². The molecule has 1 amide bonds. The van der Waals surface area contributed by atoms with Crippen molar-refractivity contribution in [3.05, 3.63) is 77.4 Å².